The van der Waals surface area contributed by atoms with Gasteiger partial charge in [0.2, 0.25) is 5.91 Å². The minimum atomic E-state index is -0.893. The van der Waals surface area contributed by atoms with E-state index < -0.39 is 5.97 Å². The van der Waals surface area contributed by atoms with Crippen molar-refractivity contribution in [2.24, 2.45) is 0 Å². The van der Waals surface area contributed by atoms with Crippen LogP contribution in [-0.4, -0.2) is 22.0 Å². The van der Waals surface area contributed by atoms with Gasteiger partial charge in [0.15, 0.2) is 0 Å². The number of amides is 1. The number of carboxylic acids is 1. The molecule has 0 atom stereocenters. The molecule has 2 rings (SSSR count). The lowest BCUT2D eigenvalue weighted by Crippen LogP contribution is -2.12. The average molecular weight is 284 g/mol. The van der Waals surface area contributed by atoms with Crippen LogP contribution >= 0.6 is 0 Å². The number of aromatic nitrogens is 1. The van der Waals surface area contributed by atoms with E-state index in [0.29, 0.717) is 24.1 Å². The maximum Gasteiger partial charge on any atom is 0.307 e. The van der Waals surface area contributed by atoms with E-state index in [0.717, 1.165) is 5.56 Å². The number of nitrogens with one attached hydrogen (secondary N) is 1. The Labute approximate surface area is 122 Å². The largest absolute Gasteiger partial charge is 0.481 e. The van der Waals surface area contributed by atoms with Crippen molar-refractivity contribution in [1.82, 2.24) is 4.98 Å². The Morgan fingerprint density at radius 2 is 1.95 bits per heavy atom. The number of rotatable bonds is 6. The normalized spacial score (nSPS) is 10.1. The molecule has 5 heteroatoms. The zero-order valence-electron chi connectivity index (χ0n) is 11.5. The topological polar surface area (TPSA) is 79.3 Å². The number of carbonyl (C=O) groups excluding carboxylic acids is 1. The van der Waals surface area contributed by atoms with Gasteiger partial charge in [-0.15, -0.1) is 0 Å². The maximum atomic E-state index is 11.9. The van der Waals surface area contributed by atoms with E-state index in [2.05, 4.69) is 10.3 Å². The molecule has 1 aromatic heterocycles. The van der Waals surface area contributed by atoms with E-state index >= 15 is 0 Å². The number of aryl methyl sites for hydroxylation is 1. The van der Waals surface area contributed by atoms with Crippen LogP contribution in [0, 0.1) is 0 Å². The number of anilines is 1. The summed E-state index contributed by atoms with van der Waals surface area (Å²) in [6, 6.07) is 10.6. The standard InChI is InChI=1S/C16H16N2O3/c19-15(7-6-12-4-2-8-17-11-12)18-14-5-1-3-13(9-14)10-16(20)21/h1-5,8-9,11H,6-7,10H2,(H,18,19)(H,20,21). The average Bonchev–Trinajstić information content (AvgIpc) is 2.46. The van der Waals surface area contributed by atoms with E-state index in [-0.39, 0.29) is 12.3 Å². The first-order valence-electron chi connectivity index (χ1n) is 6.63. The number of benzene rings is 1. The monoisotopic (exact) mass is 284 g/mol. The molecule has 0 spiro atoms. The van der Waals surface area contributed by atoms with Gasteiger partial charge in [-0.1, -0.05) is 18.2 Å². The van der Waals surface area contributed by atoms with Crippen molar-refractivity contribution in [3.63, 3.8) is 0 Å². The molecule has 0 bridgehead atoms. The van der Waals surface area contributed by atoms with Gasteiger partial charge in [0.1, 0.15) is 0 Å². The van der Waals surface area contributed by atoms with Crippen LogP contribution in [0.4, 0.5) is 5.69 Å². The molecule has 1 amide bonds. The van der Waals surface area contributed by atoms with Crippen molar-refractivity contribution >= 4 is 17.6 Å². The van der Waals surface area contributed by atoms with Gasteiger partial charge in [-0.3, -0.25) is 14.6 Å². The highest BCUT2D eigenvalue weighted by Crippen LogP contribution is 2.12. The third kappa shape index (κ3) is 5.06. The fraction of sp³-hybridized carbons (Fsp3) is 0.188. The van der Waals surface area contributed by atoms with Gasteiger partial charge in [0, 0.05) is 24.5 Å². The zero-order valence-corrected chi connectivity index (χ0v) is 11.5. The Morgan fingerprint density at radius 3 is 2.67 bits per heavy atom. The van der Waals surface area contributed by atoms with Crippen molar-refractivity contribution in [3.05, 3.63) is 59.9 Å². The minimum Gasteiger partial charge on any atom is -0.481 e. The van der Waals surface area contributed by atoms with Crippen LogP contribution in [-0.2, 0) is 22.4 Å². The van der Waals surface area contributed by atoms with Gasteiger partial charge in [0.05, 0.1) is 6.42 Å². The van der Waals surface area contributed by atoms with Gasteiger partial charge in [-0.05, 0) is 35.7 Å². The third-order valence-corrected chi connectivity index (χ3v) is 2.93. The molecule has 0 aliphatic carbocycles. The van der Waals surface area contributed by atoms with Crippen molar-refractivity contribution in [2.75, 3.05) is 5.32 Å². The van der Waals surface area contributed by atoms with E-state index in [9.17, 15) is 9.59 Å². The van der Waals surface area contributed by atoms with Crippen LogP contribution in [0.25, 0.3) is 0 Å². The molecule has 0 unspecified atom stereocenters. The first-order valence-corrected chi connectivity index (χ1v) is 6.63. The first kappa shape index (κ1) is 14.7. The second-order valence-electron chi connectivity index (χ2n) is 4.68. The number of carbonyl (C=O) groups is 2. The molecule has 0 fully saturated rings. The molecule has 0 saturated heterocycles. The summed E-state index contributed by atoms with van der Waals surface area (Å²) in [7, 11) is 0. The number of aliphatic carboxylic acids is 1. The van der Waals surface area contributed by atoms with Crippen LogP contribution in [0.2, 0.25) is 0 Å². The van der Waals surface area contributed by atoms with Gasteiger partial charge in [0.25, 0.3) is 0 Å². The van der Waals surface area contributed by atoms with E-state index in [1.165, 1.54) is 0 Å². The van der Waals surface area contributed by atoms with Crippen LogP contribution in [0.15, 0.2) is 48.8 Å². The van der Waals surface area contributed by atoms with Gasteiger partial charge in [-0.25, -0.2) is 0 Å². The number of hydrogen-bond donors (Lipinski definition) is 2. The number of carboxylic acid groups (broad SMARTS) is 1. The van der Waals surface area contributed by atoms with Crippen LogP contribution in [0.1, 0.15) is 17.5 Å². The highest BCUT2D eigenvalue weighted by Gasteiger charge is 2.05. The number of hydrogen-bond acceptors (Lipinski definition) is 3. The van der Waals surface area contributed by atoms with Crippen molar-refractivity contribution < 1.29 is 14.7 Å². The number of nitrogens with zero attached hydrogens (tertiary/aromatic N) is 1. The molecule has 2 N–H and O–H groups in total. The van der Waals surface area contributed by atoms with E-state index in [4.69, 9.17) is 5.11 Å². The van der Waals surface area contributed by atoms with Crippen LogP contribution in [0.5, 0.6) is 0 Å². The third-order valence-electron chi connectivity index (χ3n) is 2.93. The molecule has 5 nitrogen and oxygen atoms in total. The van der Waals surface area contributed by atoms with Gasteiger partial charge >= 0.3 is 5.97 Å². The molecular formula is C16H16N2O3. The molecule has 0 aliphatic rings. The Morgan fingerprint density at radius 1 is 1.14 bits per heavy atom. The molecule has 0 radical (unpaired) electrons. The van der Waals surface area contributed by atoms with E-state index in [1.807, 2.05) is 12.1 Å². The Kier molecular flexibility index (Phi) is 5.04. The smallest absolute Gasteiger partial charge is 0.307 e. The first-order chi connectivity index (χ1) is 10.1. The fourth-order valence-electron chi connectivity index (χ4n) is 1.96. The summed E-state index contributed by atoms with van der Waals surface area (Å²) in [5.74, 6) is -0.999. The van der Waals surface area contributed by atoms with E-state index in [1.54, 1.807) is 36.7 Å². The molecule has 1 aromatic carbocycles. The maximum absolute atomic E-state index is 11.9. The summed E-state index contributed by atoms with van der Waals surface area (Å²) in [6.07, 6.45) is 4.35. The molecule has 0 aliphatic heterocycles. The molecule has 108 valence electrons. The second kappa shape index (κ2) is 7.19. The Balaban J connectivity index is 1.89. The summed E-state index contributed by atoms with van der Waals surface area (Å²) < 4.78 is 0. The molecule has 21 heavy (non-hydrogen) atoms. The lowest BCUT2D eigenvalue weighted by molar-refractivity contribution is -0.136. The summed E-state index contributed by atoms with van der Waals surface area (Å²) in [5, 5.41) is 11.5. The van der Waals surface area contributed by atoms with Crippen LogP contribution < -0.4 is 5.32 Å². The lowest BCUT2D eigenvalue weighted by Gasteiger charge is -2.06. The summed E-state index contributed by atoms with van der Waals surface area (Å²) in [4.78, 5) is 26.5. The summed E-state index contributed by atoms with van der Waals surface area (Å²) >= 11 is 0. The van der Waals surface area contributed by atoms with Crippen molar-refractivity contribution in [1.29, 1.82) is 0 Å². The van der Waals surface area contributed by atoms with Gasteiger partial charge in [-0.2, -0.15) is 0 Å². The molecule has 2 aromatic rings. The van der Waals surface area contributed by atoms with Crippen LogP contribution in [0.3, 0.4) is 0 Å². The van der Waals surface area contributed by atoms with Gasteiger partial charge < -0.3 is 10.4 Å². The summed E-state index contributed by atoms with van der Waals surface area (Å²) in [5.41, 5.74) is 2.28. The van der Waals surface area contributed by atoms with Crippen molar-refractivity contribution in [2.45, 2.75) is 19.3 Å². The summed E-state index contributed by atoms with van der Waals surface area (Å²) in [6.45, 7) is 0. The predicted octanol–water partition coefficient (Wildman–Crippen LogP) is 2.28. The molecule has 1 heterocycles. The Hall–Kier alpha value is -2.69. The highest BCUT2D eigenvalue weighted by atomic mass is 16.4. The fourth-order valence-corrected chi connectivity index (χ4v) is 1.96. The number of pyridine rings is 1. The Bertz CT molecular complexity index is 626. The van der Waals surface area contributed by atoms with Crippen molar-refractivity contribution in [3.8, 4) is 0 Å². The molecule has 0 saturated carbocycles. The molecular weight excluding hydrogens is 268 g/mol. The zero-order chi connectivity index (χ0) is 15.1. The second-order valence-corrected chi connectivity index (χ2v) is 4.68. The minimum absolute atomic E-state index is 0.0562. The predicted molar refractivity (Wildman–Crippen MR) is 79.0 cm³/mol. The highest BCUT2D eigenvalue weighted by molar-refractivity contribution is 5.91. The quantitative estimate of drug-likeness (QED) is 0.853. The SMILES string of the molecule is O=C(O)Cc1cccc(NC(=O)CCc2cccnc2)c1. The lowest BCUT2D eigenvalue weighted by atomic mass is 10.1.